The van der Waals surface area contributed by atoms with E-state index in [1.54, 1.807) is 6.92 Å². The van der Waals surface area contributed by atoms with E-state index >= 15 is 0 Å². The first kappa shape index (κ1) is 16.9. The number of ketones is 1. The van der Waals surface area contributed by atoms with Crippen LogP contribution in [0.5, 0.6) is 0 Å². The van der Waals surface area contributed by atoms with Crippen molar-refractivity contribution >= 4 is 17.7 Å². The van der Waals surface area contributed by atoms with Crippen molar-refractivity contribution in [3.05, 3.63) is 29.8 Å². The third-order valence-corrected chi connectivity index (χ3v) is 4.63. The molecule has 1 aliphatic carbocycles. The fourth-order valence-corrected chi connectivity index (χ4v) is 2.94. The zero-order valence-electron chi connectivity index (χ0n) is 14.1. The summed E-state index contributed by atoms with van der Waals surface area (Å²) in [5.74, 6) is 0.533. The zero-order valence-corrected chi connectivity index (χ0v) is 14.1. The molecular formula is C19H27NO2. The van der Waals surface area contributed by atoms with Crippen LogP contribution in [-0.4, -0.2) is 22.7 Å². The number of hydrogen-bond acceptors (Lipinski definition) is 3. The van der Waals surface area contributed by atoms with E-state index in [9.17, 15) is 9.90 Å². The van der Waals surface area contributed by atoms with Gasteiger partial charge in [0.1, 0.15) is 0 Å². The van der Waals surface area contributed by atoms with Crippen LogP contribution in [0.15, 0.2) is 29.3 Å². The van der Waals surface area contributed by atoms with Gasteiger partial charge in [-0.05, 0) is 57.6 Å². The molecule has 0 bridgehead atoms. The van der Waals surface area contributed by atoms with Gasteiger partial charge in [0.2, 0.25) is 0 Å². The third-order valence-electron chi connectivity index (χ3n) is 4.63. The lowest BCUT2D eigenvalue weighted by Crippen LogP contribution is -2.18. The topological polar surface area (TPSA) is 49.7 Å². The number of carbonyl (C=O) groups excluding carboxylic acids is 1. The SMILES string of the molecule is CC(=O)c1ccccc1/N=C/C1CC1(C)CCCC(C)(C)O. The predicted octanol–water partition coefficient (Wildman–Crippen LogP) is 4.56. The minimum atomic E-state index is -0.574. The van der Waals surface area contributed by atoms with E-state index in [0.29, 0.717) is 16.9 Å². The lowest BCUT2D eigenvalue weighted by Gasteiger charge is -2.18. The van der Waals surface area contributed by atoms with Gasteiger partial charge in [-0.15, -0.1) is 0 Å². The maximum absolute atomic E-state index is 11.6. The molecule has 1 aromatic rings. The molecule has 2 unspecified atom stereocenters. The van der Waals surface area contributed by atoms with E-state index < -0.39 is 5.60 Å². The van der Waals surface area contributed by atoms with Gasteiger partial charge < -0.3 is 5.11 Å². The quantitative estimate of drug-likeness (QED) is 0.593. The highest BCUT2D eigenvalue weighted by molar-refractivity contribution is 5.99. The maximum Gasteiger partial charge on any atom is 0.161 e. The van der Waals surface area contributed by atoms with Crippen LogP contribution in [-0.2, 0) is 0 Å². The van der Waals surface area contributed by atoms with Gasteiger partial charge in [0.05, 0.1) is 11.3 Å². The molecule has 1 aromatic carbocycles. The molecule has 0 saturated heterocycles. The van der Waals surface area contributed by atoms with Crippen molar-refractivity contribution in [1.29, 1.82) is 0 Å². The highest BCUT2D eigenvalue weighted by Crippen LogP contribution is 2.55. The summed E-state index contributed by atoms with van der Waals surface area (Å²) in [5.41, 5.74) is 1.18. The minimum Gasteiger partial charge on any atom is -0.390 e. The summed E-state index contributed by atoms with van der Waals surface area (Å²) in [6.07, 6.45) is 6.13. The normalized spacial score (nSPS) is 24.7. The van der Waals surface area contributed by atoms with E-state index in [0.717, 1.165) is 31.4 Å². The van der Waals surface area contributed by atoms with Crippen LogP contribution in [0.4, 0.5) is 5.69 Å². The summed E-state index contributed by atoms with van der Waals surface area (Å²) >= 11 is 0. The maximum atomic E-state index is 11.6. The molecule has 3 heteroatoms. The monoisotopic (exact) mass is 301 g/mol. The summed E-state index contributed by atoms with van der Waals surface area (Å²) in [7, 11) is 0. The Hall–Kier alpha value is -1.48. The van der Waals surface area contributed by atoms with Gasteiger partial charge in [-0.3, -0.25) is 9.79 Å². The van der Waals surface area contributed by atoms with Crippen molar-refractivity contribution in [2.75, 3.05) is 0 Å². The second-order valence-electron chi connectivity index (χ2n) is 7.48. The number of carbonyl (C=O) groups is 1. The molecule has 1 aliphatic rings. The Morgan fingerprint density at radius 3 is 2.77 bits per heavy atom. The van der Waals surface area contributed by atoms with Crippen LogP contribution in [0.25, 0.3) is 0 Å². The van der Waals surface area contributed by atoms with E-state index in [1.165, 1.54) is 0 Å². The number of aliphatic hydroxyl groups is 1. The highest BCUT2D eigenvalue weighted by Gasteiger charge is 2.48. The van der Waals surface area contributed by atoms with Crippen molar-refractivity contribution in [2.45, 2.75) is 59.0 Å². The number of nitrogens with zero attached hydrogens (tertiary/aromatic N) is 1. The molecule has 22 heavy (non-hydrogen) atoms. The Morgan fingerprint density at radius 2 is 2.14 bits per heavy atom. The first-order valence-electron chi connectivity index (χ1n) is 8.08. The van der Waals surface area contributed by atoms with E-state index in [-0.39, 0.29) is 5.78 Å². The molecule has 0 aromatic heterocycles. The van der Waals surface area contributed by atoms with Crippen LogP contribution >= 0.6 is 0 Å². The van der Waals surface area contributed by atoms with Gasteiger partial charge in [0.15, 0.2) is 5.78 Å². The summed E-state index contributed by atoms with van der Waals surface area (Å²) in [6, 6.07) is 7.49. The average molecular weight is 301 g/mol. The van der Waals surface area contributed by atoms with E-state index in [4.69, 9.17) is 0 Å². The molecule has 0 heterocycles. The fraction of sp³-hybridized carbons (Fsp3) is 0.579. The van der Waals surface area contributed by atoms with Crippen molar-refractivity contribution in [3.8, 4) is 0 Å². The van der Waals surface area contributed by atoms with Gasteiger partial charge >= 0.3 is 0 Å². The molecule has 0 amide bonds. The lowest BCUT2D eigenvalue weighted by molar-refractivity contribution is 0.0665. The van der Waals surface area contributed by atoms with E-state index in [2.05, 4.69) is 11.9 Å². The second-order valence-corrected chi connectivity index (χ2v) is 7.48. The van der Waals surface area contributed by atoms with Gasteiger partial charge in [-0.1, -0.05) is 25.5 Å². The third kappa shape index (κ3) is 4.51. The summed E-state index contributed by atoms with van der Waals surface area (Å²) in [6.45, 7) is 7.58. The van der Waals surface area contributed by atoms with E-state index in [1.807, 2.05) is 44.3 Å². The molecule has 3 nitrogen and oxygen atoms in total. The number of Topliss-reactive ketones (excluding diaryl/α,β-unsaturated/α-hetero) is 1. The van der Waals surface area contributed by atoms with Gasteiger partial charge in [0.25, 0.3) is 0 Å². The van der Waals surface area contributed by atoms with Crippen molar-refractivity contribution in [3.63, 3.8) is 0 Å². The van der Waals surface area contributed by atoms with Gasteiger partial charge in [-0.25, -0.2) is 0 Å². The molecule has 1 N–H and O–H groups in total. The molecule has 0 spiro atoms. The fourth-order valence-electron chi connectivity index (χ4n) is 2.94. The van der Waals surface area contributed by atoms with Crippen LogP contribution < -0.4 is 0 Å². The average Bonchev–Trinajstić information content (AvgIpc) is 3.06. The van der Waals surface area contributed by atoms with Crippen LogP contribution in [0.3, 0.4) is 0 Å². The summed E-state index contributed by atoms with van der Waals surface area (Å²) < 4.78 is 0. The molecule has 0 radical (unpaired) electrons. The van der Waals surface area contributed by atoms with Crippen LogP contribution in [0.2, 0.25) is 0 Å². The molecular weight excluding hydrogens is 274 g/mol. The number of benzene rings is 1. The first-order chi connectivity index (χ1) is 10.2. The standard InChI is InChI=1S/C19H27NO2/c1-14(21)16-8-5-6-9-17(16)20-13-15-12-19(15,4)11-7-10-18(2,3)22/h5-6,8-9,13,15,22H,7,10-12H2,1-4H3/b20-13+. The summed E-state index contributed by atoms with van der Waals surface area (Å²) in [5, 5.41) is 9.78. The number of para-hydroxylation sites is 1. The van der Waals surface area contributed by atoms with Gasteiger partial charge in [0, 0.05) is 17.7 Å². The van der Waals surface area contributed by atoms with Crippen molar-refractivity contribution in [2.24, 2.45) is 16.3 Å². The molecule has 2 atom stereocenters. The largest absolute Gasteiger partial charge is 0.390 e. The van der Waals surface area contributed by atoms with Crippen LogP contribution in [0.1, 0.15) is 63.7 Å². The van der Waals surface area contributed by atoms with Crippen molar-refractivity contribution in [1.82, 2.24) is 0 Å². The Labute approximate surface area is 133 Å². The molecule has 0 aliphatic heterocycles. The lowest BCUT2D eigenvalue weighted by atomic mass is 9.94. The molecule has 120 valence electrons. The molecule has 2 rings (SSSR count). The molecule has 1 fully saturated rings. The number of rotatable bonds is 7. The highest BCUT2D eigenvalue weighted by atomic mass is 16.3. The minimum absolute atomic E-state index is 0.0523. The predicted molar refractivity (Wildman–Crippen MR) is 91.0 cm³/mol. The van der Waals surface area contributed by atoms with Gasteiger partial charge in [-0.2, -0.15) is 0 Å². The first-order valence-corrected chi connectivity index (χ1v) is 8.08. The zero-order chi connectivity index (χ0) is 16.4. The number of hydrogen-bond donors (Lipinski definition) is 1. The summed E-state index contributed by atoms with van der Waals surface area (Å²) in [4.78, 5) is 16.1. The van der Waals surface area contributed by atoms with Crippen LogP contribution in [0, 0.1) is 11.3 Å². The second kappa shape index (κ2) is 6.33. The Bertz CT molecular complexity index is 571. The Morgan fingerprint density at radius 1 is 1.45 bits per heavy atom. The number of aliphatic imine (C=N–C) groups is 1. The van der Waals surface area contributed by atoms with Crippen molar-refractivity contribution < 1.29 is 9.90 Å². The molecule has 1 saturated carbocycles. The smallest absolute Gasteiger partial charge is 0.161 e. The Balaban J connectivity index is 1.92. The Kier molecular flexibility index (Phi) is 4.86.